The second kappa shape index (κ2) is 3.52. The summed E-state index contributed by atoms with van der Waals surface area (Å²) in [4.78, 5) is 32.3. The van der Waals surface area contributed by atoms with E-state index in [4.69, 9.17) is 0 Å². The maximum Gasteiger partial charge on any atom is 1.00 e. The summed E-state index contributed by atoms with van der Waals surface area (Å²) >= 11 is 0. The predicted molar refractivity (Wildman–Crippen MR) is 36.1 cm³/mol. The molecule has 0 saturated carbocycles. The van der Waals surface area contributed by atoms with Crippen LogP contribution in [0.25, 0.3) is 5.32 Å². The first-order valence-corrected chi connectivity index (χ1v) is 3.30. The molecule has 2 aliphatic rings. The van der Waals surface area contributed by atoms with Gasteiger partial charge in [0.1, 0.15) is 6.04 Å². The molecule has 3 N–H and O–H groups in total. The number of hydrogen-bond acceptors (Lipinski definition) is 3. The van der Waals surface area contributed by atoms with Gasteiger partial charge in [-0.2, -0.15) is 0 Å². The molecule has 0 aromatic heterocycles. The SMILES string of the molecule is O=C1[N-]C(=O)C2NC(=O)NC2N1.[Na+]. The Bertz CT molecular complexity index is 281. The van der Waals surface area contributed by atoms with E-state index in [9.17, 15) is 14.4 Å². The minimum Gasteiger partial charge on any atom is -0.428 e. The van der Waals surface area contributed by atoms with E-state index in [1.165, 1.54) is 0 Å². The average Bonchev–Trinajstić information content (AvgIpc) is 2.29. The first-order chi connectivity index (χ1) is 5.66. The molecule has 0 radical (unpaired) electrons. The van der Waals surface area contributed by atoms with Crippen LogP contribution in [0.4, 0.5) is 9.59 Å². The Morgan fingerprint density at radius 3 is 2.46 bits per heavy atom. The van der Waals surface area contributed by atoms with Crippen molar-refractivity contribution < 1.29 is 43.9 Å². The average molecular weight is 192 g/mol. The van der Waals surface area contributed by atoms with Crippen LogP contribution in [0.2, 0.25) is 0 Å². The fraction of sp³-hybridized carbons (Fsp3) is 0.400. The van der Waals surface area contributed by atoms with Crippen LogP contribution in [-0.4, -0.2) is 30.2 Å². The monoisotopic (exact) mass is 192 g/mol. The molecule has 13 heavy (non-hydrogen) atoms. The van der Waals surface area contributed by atoms with Crippen LogP contribution in [0.3, 0.4) is 0 Å². The summed E-state index contributed by atoms with van der Waals surface area (Å²) in [5.74, 6) is -0.623. The van der Waals surface area contributed by atoms with E-state index < -0.39 is 30.2 Å². The smallest absolute Gasteiger partial charge is 0.428 e. The largest absolute Gasteiger partial charge is 1.00 e. The van der Waals surface area contributed by atoms with E-state index in [0.29, 0.717) is 0 Å². The number of nitrogens with zero attached hydrogens (tertiary/aromatic N) is 1. The van der Waals surface area contributed by atoms with Gasteiger partial charge in [0, 0.05) is 0 Å². The number of amides is 5. The maximum atomic E-state index is 10.9. The zero-order valence-electron chi connectivity index (χ0n) is 6.83. The number of imide groups is 1. The first kappa shape index (κ1) is 10.3. The van der Waals surface area contributed by atoms with Crippen molar-refractivity contribution in [1.29, 1.82) is 0 Å². The standard InChI is InChI=1S/C5H6N4O3.Na/c10-3-1-2(7-4(11)6-1)8-5(12)9-3;/h1-2H,(H4,6,7,8,9,10,11,12);/q;+1/p-1. The van der Waals surface area contributed by atoms with E-state index in [0.717, 1.165) is 0 Å². The summed E-state index contributed by atoms with van der Waals surface area (Å²) < 4.78 is 0. The second-order valence-corrected chi connectivity index (χ2v) is 2.47. The van der Waals surface area contributed by atoms with Gasteiger partial charge in [-0.25, -0.2) is 4.79 Å². The molecule has 0 aliphatic carbocycles. The van der Waals surface area contributed by atoms with Gasteiger partial charge in [-0.1, -0.05) is 0 Å². The Morgan fingerprint density at radius 1 is 1.08 bits per heavy atom. The molecule has 2 heterocycles. The molecule has 5 amide bonds. The predicted octanol–water partition coefficient (Wildman–Crippen LogP) is -4.38. The summed E-state index contributed by atoms with van der Waals surface area (Å²) in [6, 6.07) is -1.95. The van der Waals surface area contributed by atoms with Gasteiger partial charge in [0.15, 0.2) is 11.9 Å². The van der Waals surface area contributed by atoms with Crippen molar-refractivity contribution in [2.45, 2.75) is 12.2 Å². The summed E-state index contributed by atoms with van der Waals surface area (Å²) in [5.41, 5.74) is 0. The fourth-order valence-corrected chi connectivity index (χ4v) is 1.15. The molecule has 2 unspecified atom stereocenters. The Kier molecular flexibility index (Phi) is 2.79. The number of hydrogen-bond donors (Lipinski definition) is 3. The van der Waals surface area contributed by atoms with Crippen molar-refractivity contribution in [3.8, 4) is 0 Å². The van der Waals surface area contributed by atoms with E-state index in [1.807, 2.05) is 0 Å². The summed E-state index contributed by atoms with van der Waals surface area (Å²) in [7, 11) is 0. The Balaban J connectivity index is 0.000000845. The number of carbonyl (C=O) groups excluding carboxylic acids is 3. The molecule has 7 nitrogen and oxygen atoms in total. The van der Waals surface area contributed by atoms with Gasteiger partial charge in [-0.05, 0) is 0 Å². The summed E-state index contributed by atoms with van der Waals surface area (Å²) in [6.07, 6.45) is -0.657. The van der Waals surface area contributed by atoms with Gasteiger partial charge < -0.3 is 21.3 Å². The van der Waals surface area contributed by atoms with E-state index in [2.05, 4.69) is 21.3 Å². The molecule has 2 fully saturated rings. The van der Waals surface area contributed by atoms with Gasteiger partial charge in [-0.3, -0.25) is 9.59 Å². The zero-order chi connectivity index (χ0) is 8.72. The van der Waals surface area contributed by atoms with Crippen LogP contribution < -0.4 is 45.5 Å². The normalized spacial score (nSPS) is 30.3. The number of nitrogens with one attached hydrogen (secondary N) is 3. The third kappa shape index (κ3) is 1.77. The van der Waals surface area contributed by atoms with Crippen molar-refractivity contribution >= 4 is 18.0 Å². The molecule has 0 aromatic carbocycles. The number of carbonyl (C=O) groups is 3. The molecule has 2 saturated heterocycles. The van der Waals surface area contributed by atoms with Gasteiger partial charge >= 0.3 is 35.6 Å². The minimum absolute atomic E-state index is 0. The van der Waals surface area contributed by atoms with Crippen molar-refractivity contribution in [3.05, 3.63) is 5.32 Å². The quantitative estimate of drug-likeness (QED) is 0.338. The van der Waals surface area contributed by atoms with Gasteiger partial charge in [-0.15, -0.1) is 0 Å². The molecule has 0 bridgehead atoms. The molecule has 2 rings (SSSR count). The number of fused-ring (bicyclic) bond motifs is 1. The fourth-order valence-electron chi connectivity index (χ4n) is 1.15. The maximum absolute atomic E-state index is 10.9. The summed E-state index contributed by atoms with van der Waals surface area (Å²) in [6.45, 7) is 0. The van der Waals surface area contributed by atoms with E-state index in [-0.39, 0.29) is 29.6 Å². The molecule has 2 aliphatic heterocycles. The van der Waals surface area contributed by atoms with Crippen LogP contribution >= 0.6 is 0 Å². The van der Waals surface area contributed by atoms with Crippen molar-refractivity contribution in [3.63, 3.8) is 0 Å². The molecule has 64 valence electrons. The van der Waals surface area contributed by atoms with E-state index in [1.54, 1.807) is 0 Å². The van der Waals surface area contributed by atoms with Crippen molar-refractivity contribution in [2.24, 2.45) is 0 Å². The Labute approximate surface area is 95.3 Å². The number of rotatable bonds is 0. The molecule has 2 atom stereocenters. The van der Waals surface area contributed by atoms with Crippen LogP contribution in [-0.2, 0) is 4.79 Å². The first-order valence-electron chi connectivity index (χ1n) is 3.30. The minimum atomic E-state index is -0.754. The third-order valence-electron chi connectivity index (χ3n) is 1.66. The number of urea groups is 2. The van der Waals surface area contributed by atoms with Crippen LogP contribution in [0.5, 0.6) is 0 Å². The Morgan fingerprint density at radius 2 is 1.77 bits per heavy atom. The van der Waals surface area contributed by atoms with Gasteiger partial charge in [0.2, 0.25) is 0 Å². The Hall–Kier alpha value is -0.790. The van der Waals surface area contributed by atoms with E-state index >= 15 is 0 Å². The van der Waals surface area contributed by atoms with Gasteiger partial charge in [0.05, 0.1) is 6.17 Å². The third-order valence-corrected chi connectivity index (χ3v) is 1.66. The second-order valence-electron chi connectivity index (χ2n) is 2.47. The molecule has 8 heteroatoms. The van der Waals surface area contributed by atoms with Gasteiger partial charge in [0.25, 0.3) is 0 Å². The topological polar surface area (TPSA) is 101 Å². The van der Waals surface area contributed by atoms with Crippen molar-refractivity contribution in [2.75, 3.05) is 0 Å². The zero-order valence-corrected chi connectivity index (χ0v) is 8.83. The molecule has 0 aromatic rings. The molecule has 0 spiro atoms. The molecular formula is C5H5N4NaO3. The summed E-state index contributed by atoms with van der Waals surface area (Å²) in [5, 5.41) is 10.1. The van der Waals surface area contributed by atoms with Crippen LogP contribution in [0.15, 0.2) is 0 Å². The van der Waals surface area contributed by atoms with Crippen LogP contribution in [0, 0.1) is 0 Å². The molecular weight excluding hydrogens is 187 g/mol. The van der Waals surface area contributed by atoms with Crippen LogP contribution in [0.1, 0.15) is 0 Å². The van der Waals surface area contributed by atoms with Crippen molar-refractivity contribution in [1.82, 2.24) is 16.0 Å².